The van der Waals surface area contributed by atoms with Gasteiger partial charge < -0.3 is 24.0 Å². The molecule has 0 spiro atoms. The van der Waals surface area contributed by atoms with Crippen molar-refractivity contribution in [2.75, 3.05) is 60.7 Å². The van der Waals surface area contributed by atoms with Crippen molar-refractivity contribution in [3.63, 3.8) is 0 Å². The SMILES string of the molecule is CCCCCCCCCCC(CCCCCCCC)COCC(COP(=O)(O)OCC[N+](C)(C)C)OCCCCC(=O)O. The summed E-state index contributed by atoms with van der Waals surface area (Å²) >= 11 is 0. The van der Waals surface area contributed by atoms with Crippen LogP contribution < -0.4 is 0 Å². The molecule has 0 rings (SSSR count). The molecule has 0 bridgehead atoms. The number of carboxylic acid groups (broad SMARTS) is 1. The van der Waals surface area contributed by atoms with Crippen molar-refractivity contribution in [3.8, 4) is 0 Å². The molecule has 0 aromatic carbocycles. The van der Waals surface area contributed by atoms with Gasteiger partial charge in [0, 0.05) is 19.6 Å². The van der Waals surface area contributed by atoms with Gasteiger partial charge in [0.05, 0.1) is 34.4 Å². The molecule has 0 heterocycles. The standard InChI is InChI=1S/C33H68NO8P/c1-6-8-10-12-14-15-17-19-23-31(22-18-16-13-11-9-7-2)28-39-29-32(40-26-21-20-24-33(35)36)30-42-43(37,38)41-27-25-34(3,4)5/h31-32H,6-30H2,1-5H3,(H-,35,36,37,38)/p+1. The molecule has 0 aliphatic rings. The Kier molecular flexibility index (Phi) is 27.4. The molecule has 0 radical (unpaired) electrons. The molecule has 0 amide bonds. The van der Waals surface area contributed by atoms with E-state index < -0.39 is 19.9 Å². The average Bonchev–Trinajstić information content (AvgIpc) is 2.93. The number of phosphoric ester groups is 1. The van der Waals surface area contributed by atoms with Crippen molar-refractivity contribution in [2.45, 2.75) is 142 Å². The molecule has 0 saturated carbocycles. The van der Waals surface area contributed by atoms with Crippen LogP contribution in [-0.2, 0) is 27.9 Å². The maximum Gasteiger partial charge on any atom is 0.472 e. The zero-order chi connectivity index (χ0) is 32.2. The van der Waals surface area contributed by atoms with Gasteiger partial charge in [0.25, 0.3) is 0 Å². The van der Waals surface area contributed by atoms with Crippen molar-refractivity contribution < 1.29 is 42.4 Å². The van der Waals surface area contributed by atoms with Gasteiger partial charge in [-0.1, -0.05) is 104 Å². The molecular weight excluding hydrogens is 569 g/mol. The van der Waals surface area contributed by atoms with Crippen molar-refractivity contribution in [1.82, 2.24) is 0 Å². The predicted molar refractivity (Wildman–Crippen MR) is 175 cm³/mol. The van der Waals surface area contributed by atoms with E-state index in [1.54, 1.807) is 0 Å². The van der Waals surface area contributed by atoms with Crippen molar-refractivity contribution >= 4 is 13.8 Å². The van der Waals surface area contributed by atoms with E-state index in [4.69, 9.17) is 23.6 Å². The molecule has 0 saturated heterocycles. The Morgan fingerprint density at radius 3 is 1.74 bits per heavy atom. The minimum absolute atomic E-state index is 0.0891. The number of hydrogen-bond donors (Lipinski definition) is 2. The van der Waals surface area contributed by atoms with E-state index in [2.05, 4.69) is 13.8 Å². The molecule has 3 atom stereocenters. The highest BCUT2D eigenvalue weighted by atomic mass is 31.2. The first-order valence-electron chi connectivity index (χ1n) is 17.3. The van der Waals surface area contributed by atoms with Crippen LogP contribution in [0.25, 0.3) is 0 Å². The number of ether oxygens (including phenoxy) is 2. The highest BCUT2D eigenvalue weighted by Crippen LogP contribution is 2.43. The Bertz CT molecular complexity index is 688. The Morgan fingerprint density at radius 2 is 1.23 bits per heavy atom. The molecular formula is C33H69NO8P+. The summed E-state index contributed by atoms with van der Waals surface area (Å²) in [7, 11) is 1.71. The lowest BCUT2D eigenvalue weighted by Crippen LogP contribution is -2.37. The fourth-order valence-corrected chi connectivity index (χ4v) is 5.62. The normalized spacial score (nSPS) is 14.9. The molecule has 0 fully saturated rings. The molecule has 0 aromatic heterocycles. The van der Waals surface area contributed by atoms with E-state index in [-0.39, 0.29) is 26.2 Å². The summed E-state index contributed by atoms with van der Waals surface area (Å²) in [5.41, 5.74) is 0. The number of quaternary nitrogens is 1. The number of carboxylic acids is 1. The maximum absolute atomic E-state index is 12.4. The molecule has 0 aromatic rings. The average molecular weight is 639 g/mol. The molecule has 2 N–H and O–H groups in total. The Labute approximate surface area is 264 Å². The molecule has 43 heavy (non-hydrogen) atoms. The van der Waals surface area contributed by atoms with Gasteiger partial charge in [0.1, 0.15) is 19.3 Å². The quantitative estimate of drug-likeness (QED) is 0.0419. The van der Waals surface area contributed by atoms with Crippen LogP contribution in [0.2, 0.25) is 0 Å². The van der Waals surface area contributed by atoms with Gasteiger partial charge in [-0.3, -0.25) is 13.8 Å². The number of aliphatic carboxylic acids is 1. The van der Waals surface area contributed by atoms with Gasteiger partial charge in [-0.05, 0) is 31.6 Å². The zero-order valence-corrected chi connectivity index (χ0v) is 29.5. The summed E-state index contributed by atoms with van der Waals surface area (Å²) in [5, 5.41) is 8.88. The fraction of sp³-hybridized carbons (Fsp3) is 0.970. The second kappa shape index (κ2) is 27.7. The second-order valence-electron chi connectivity index (χ2n) is 13.2. The molecule has 0 aliphatic carbocycles. The van der Waals surface area contributed by atoms with Crippen LogP contribution in [0.1, 0.15) is 136 Å². The van der Waals surface area contributed by atoms with Gasteiger partial charge in [-0.15, -0.1) is 0 Å². The molecule has 0 aliphatic heterocycles. The summed E-state index contributed by atoms with van der Waals surface area (Å²) in [4.78, 5) is 21.0. The van der Waals surface area contributed by atoms with Gasteiger partial charge in [0.2, 0.25) is 0 Å². The summed E-state index contributed by atoms with van der Waals surface area (Å²) in [6.07, 6.45) is 21.1. The highest BCUT2D eigenvalue weighted by molar-refractivity contribution is 7.47. The summed E-state index contributed by atoms with van der Waals surface area (Å²) in [5.74, 6) is -0.338. The third kappa shape index (κ3) is 31.2. The first-order valence-corrected chi connectivity index (χ1v) is 18.8. The van der Waals surface area contributed by atoms with Crippen LogP contribution >= 0.6 is 7.82 Å². The first kappa shape index (κ1) is 42.5. The number of nitrogens with zero attached hydrogens (tertiary/aromatic N) is 1. The molecule has 3 unspecified atom stereocenters. The van der Waals surface area contributed by atoms with Crippen LogP contribution in [0.15, 0.2) is 0 Å². The predicted octanol–water partition coefficient (Wildman–Crippen LogP) is 8.38. The van der Waals surface area contributed by atoms with Crippen molar-refractivity contribution in [1.29, 1.82) is 0 Å². The van der Waals surface area contributed by atoms with E-state index in [0.29, 0.717) is 43.0 Å². The van der Waals surface area contributed by atoms with E-state index >= 15 is 0 Å². The van der Waals surface area contributed by atoms with Crippen LogP contribution in [0.3, 0.4) is 0 Å². The van der Waals surface area contributed by atoms with Crippen LogP contribution in [0.4, 0.5) is 0 Å². The van der Waals surface area contributed by atoms with Crippen LogP contribution in [-0.4, -0.2) is 87.3 Å². The van der Waals surface area contributed by atoms with Crippen molar-refractivity contribution in [2.24, 2.45) is 5.92 Å². The Hall–Kier alpha value is -0.540. The van der Waals surface area contributed by atoms with Crippen LogP contribution in [0.5, 0.6) is 0 Å². The van der Waals surface area contributed by atoms with E-state index in [1.807, 2.05) is 21.1 Å². The van der Waals surface area contributed by atoms with E-state index in [1.165, 1.54) is 89.9 Å². The lowest BCUT2D eigenvalue weighted by Gasteiger charge is -2.25. The van der Waals surface area contributed by atoms with Gasteiger partial charge in [-0.25, -0.2) is 4.57 Å². The third-order valence-corrected chi connectivity index (χ3v) is 8.65. The first-order chi connectivity index (χ1) is 20.5. The minimum Gasteiger partial charge on any atom is -0.481 e. The lowest BCUT2D eigenvalue weighted by atomic mass is 9.94. The Balaban J connectivity index is 4.82. The minimum atomic E-state index is -4.22. The smallest absolute Gasteiger partial charge is 0.472 e. The topological polar surface area (TPSA) is 112 Å². The van der Waals surface area contributed by atoms with Gasteiger partial charge in [-0.2, -0.15) is 0 Å². The largest absolute Gasteiger partial charge is 0.481 e. The lowest BCUT2D eigenvalue weighted by molar-refractivity contribution is -0.870. The summed E-state index contributed by atoms with van der Waals surface area (Å²) in [6, 6.07) is 0. The monoisotopic (exact) mass is 638 g/mol. The third-order valence-electron chi connectivity index (χ3n) is 7.67. The zero-order valence-electron chi connectivity index (χ0n) is 28.6. The van der Waals surface area contributed by atoms with Crippen molar-refractivity contribution in [3.05, 3.63) is 0 Å². The number of likely N-dealkylation sites (N-methyl/N-ethyl adjacent to an activating group) is 1. The Morgan fingerprint density at radius 1 is 0.698 bits per heavy atom. The highest BCUT2D eigenvalue weighted by Gasteiger charge is 2.25. The number of unbranched alkanes of at least 4 members (excludes halogenated alkanes) is 13. The number of hydrogen-bond acceptors (Lipinski definition) is 6. The van der Waals surface area contributed by atoms with Gasteiger partial charge >= 0.3 is 13.8 Å². The number of rotatable bonds is 33. The van der Waals surface area contributed by atoms with E-state index in [0.717, 1.165) is 12.8 Å². The molecule has 10 heteroatoms. The second-order valence-corrected chi connectivity index (χ2v) is 14.6. The summed E-state index contributed by atoms with van der Waals surface area (Å²) < 4.78 is 35.5. The molecule has 258 valence electrons. The van der Waals surface area contributed by atoms with Crippen LogP contribution in [0, 0.1) is 5.92 Å². The van der Waals surface area contributed by atoms with Gasteiger partial charge in [0.15, 0.2) is 0 Å². The number of carbonyl (C=O) groups is 1. The fourth-order valence-electron chi connectivity index (χ4n) is 4.87. The van der Waals surface area contributed by atoms with E-state index in [9.17, 15) is 14.3 Å². The number of phosphoric acid groups is 1. The molecule has 9 nitrogen and oxygen atoms in total. The summed E-state index contributed by atoms with van der Waals surface area (Å²) in [6.45, 7) is 6.27. The maximum atomic E-state index is 12.4.